The number of pyridine rings is 1. The molecule has 1 aliphatic heterocycles. The van der Waals surface area contributed by atoms with E-state index in [0.29, 0.717) is 13.0 Å². The molecule has 0 saturated heterocycles. The number of carbonyl (C=O) groups excluding carboxylic acids is 1. The molecule has 2 heterocycles. The summed E-state index contributed by atoms with van der Waals surface area (Å²) in [6, 6.07) is 31.9. The number of carbonyl (C=O) groups is 1. The van der Waals surface area contributed by atoms with E-state index in [9.17, 15) is 9.90 Å². The van der Waals surface area contributed by atoms with Crippen molar-refractivity contribution in [2.45, 2.75) is 78.0 Å². The Balaban J connectivity index is 0.00000620. The second kappa shape index (κ2) is 22.6. The number of hydrogen-bond donors (Lipinski definition) is 3. The Kier molecular flexibility index (Phi) is 17.4. The molecule has 0 aliphatic carbocycles. The molecule has 0 radical (unpaired) electrons. The summed E-state index contributed by atoms with van der Waals surface area (Å²) < 4.78 is 8.29. The number of nitrogens with zero attached hydrogens (tertiary/aromatic N) is 3. The summed E-state index contributed by atoms with van der Waals surface area (Å²) in [4.78, 5) is 17.6. The number of rotatable bonds is 21. The smallest absolute Gasteiger partial charge is 0.221 e. The molecule has 0 bridgehead atoms. The first-order valence-corrected chi connectivity index (χ1v) is 20.9. The second-order valence-electron chi connectivity index (χ2n) is 15.2. The summed E-state index contributed by atoms with van der Waals surface area (Å²) in [5.74, 6) is 0.948. The standard InChI is InChI=1S/C48H61N5O3.BrH/c1-4-51(5-2)29-11-14-37(3)50-48(55)27-33-52-30-12-17-41-34-38(23-25-45(41)52)22-24-40-26-32-53(46-20-9-8-18-43(40)46)31-13-28-49-35-42(54)36-56-47-21-10-16-39-15-6-7-19-44(39)47;/h6-10,15-16,18-26,32,34,37,42,49,54H,4-5,11-14,17,27-31,33,35-36H2,1-3H3;1H. The van der Waals surface area contributed by atoms with E-state index in [2.05, 4.69) is 125 Å². The minimum atomic E-state index is -0.590. The lowest BCUT2D eigenvalue weighted by Gasteiger charge is -2.31. The number of para-hydroxylation sites is 1. The molecule has 1 aromatic heterocycles. The van der Waals surface area contributed by atoms with E-state index in [1.54, 1.807) is 0 Å². The van der Waals surface area contributed by atoms with Gasteiger partial charge in [0.05, 0.1) is 5.39 Å². The van der Waals surface area contributed by atoms with Crippen molar-refractivity contribution in [3.8, 4) is 5.75 Å². The van der Waals surface area contributed by atoms with Crippen molar-refractivity contribution in [2.75, 3.05) is 57.3 Å². The van der Waals surface area contributed by atoms with Gasteiger partial charge in [0.25, 0.3) is 0 Å². The monoisotopic (exact) mass is 835 g/mol. The molecule has 0 spiro atoms. The summed E-state index contributed by atoms with van der Waals surface area (Å²) in [6.45, 7) is 13.9. The minimum absolute atomic E-state index is 0. The Morgan fingerprint density at radius 3 is 2.60 bits per heavy atom. The molecule has 2 atom stereocenters. The number of amides is 1. The molecular formula is C48H62BrN5O3. The number of aliphatic hydroxyl groups is 1. The van der Waals surface area contributed by atoms with Gasteiger partial charge in [-0.2, -0.15) is 4.57 Å². The number of fused-ring (bicyclic) bond motifs is 3. The summed E-state index contributed by atoms with van der Waals surface area (Å²) in [7, 11) is 0. The van der Waals surface area contributed by atoms with Gasteiger partial charge in [-0.15, -0.1) is 0 Å². The first kappa shape index (κ1) is 43.8. The highest BCUT2D eigenvalue weighted by Gasteiger charge is 2.19. The largest absolute Gasteiger partial charge is 1.00 e. The van der Waals surface area contributed by atoms with Crippen LogP contribution >= 0.6 is 0 Å². The maximum atomic E-state index is 12.8. The Morgan fingerprint density at radius 2 is 1.75 bits per heavy atom. The molecule has 1 aliphatic rings. The zero-order chi connectivity index (χ0) is 39.1. The van der Waals surface area contributed by atoms with Crippen LogP contribution in [0.1, 0.15) is 69.6 Å². The van der Waals surface area contributed by atoms with Crippen LogP contribution in [0, 0.1) is 0 Å². The number of aliphatic hydroxyl groups excluding tert-OH is 1. The van der Waals surface area contributed by atoms with E-state index in [1.165, 1.54) is 33.3 Å². The Hall–Kier alpha value is -4.28. The summed E-state index contributed by atoms with van der Waals surface area (Å²) in [5.41, 5.74) is 6.21. The molecule has 57 heavy (non-hydrogen) atoms. The third-order valence-electron chi connectivity index (χ3n) is 11.1. The molecule has 5 aromatic rings. The highest BCUT2D eigenvalue weighted by atomic mass is 79.9. The number of nitrogens with one attached hydrogen (secondary N) is 2. The van der Waals surface area contributed by atoms with E-state index in [1.807, 2.05) is 30.3 Å². The van der Waals surface area contributed by atoms with Gasteiger partial charge in [-0.1, -0.05) is 80.6 Å². The summed E-state index contributed by atoms with van der Waals surface area (Å²) in [6.07, 6.45) is 11.8. The summed E-state index contributed by atoms with van der Waals surface area (Å²) in [5, 5.41) is 20.6. The molecule has 1 amide bonds. The molecule has 4 aromatic carbocycles. The van der Waals surface area contributed by atoms with Gasteiger partial charge in [-0.05, 0) is 98.6 Å². The predicted molar refractivity (Wildman–Crippen MR) is 232 cm³/mol. The van der Waals surface area contributed by atoms with Crippen molar-refractivity contribution in [2.24, 2.45) is 0 Å². The lowest BCUT2D eigenvalue weighted by atomic mass is 9.98. The second-order valence-corrected chi connectivity index (χ2v) is 15.2. The van der Waals surface area contributed by atoms with E-state index in [0.717, 1.165) is 94.4 Å². The van der Waals surface area contributed by atoms with Crippen LogP contribution in [-0.2, 0) is 17.8 Å². The van der Waals surface area contributed by atoms with Gasteiger partial charge in [0.2, 0.25) is 11.4 Å². The van der Waals surface area contributed by atoms with Crippen molar-refractivity contribution < 1.29 is 36.2 Å². The normalized spacial score (nSPS) is 13.8. The van der Waals surface area contributed by atoms with Crippen LogP contribution in [0.5, 0.6) is 5.75 Å². The SMILES string of the molecule is CCN(CC)CCCC(C)NC(=O)CCN1CCCc2cc(C=Cc3cc[n+](CCCNCC(O)COc4cccc5ccccc45)c4ccccc34)ccc21.[Br-]. The molecule has 3 N–H and O–H groups in total. The van der Waals surface area contributed by atoms with Crippen LogP contribution in [0.3, 0.4) is 0 Å². The van der Waals surface area contributed by atoms with Gasteiger partial charge in [0.15, 0.2) is 6.20 Å². The van der Waals surface area contributed by atoms with Gasteiger partial charge in [0.1, 0.15) is 25.0 Å². The van der Waals surface area contributed by atoms with Gasteiger partial charge in [-0.25, -0.2) is 0 Å². The lowest BCUT2D eigenvalue weighted by molar-refractivity contribution is -0.671. The zero-order valence-corrected chi connectivity index (χ0v) is 35.7. The number of ether oxygens (including phenoxy) is 1. The molecular weight excluding hydrogens is 774 g/mol. The lowest BCUT2D eigenvalue weighted by Crippen LogP contribution is -3.00. The number of halogens is 1. The first-order chi connectivity index (χ1) is 27.4. The predicted octanol–water partition coefficient (Wildman–Crippen LogP) is 4.64. The van der Waals surface area contributed by atoms with E-state index in [4.69, 9.17) is 4.74 Å². The van der Waals surface area contributed by atoms with Crippen LogP contribution in [0.25, 0.3) is 33.8 Å². The van der Waals surface area contributed by atoms with Crippen molar-refractivity contribution in [1.29, 1.82) is 0 Å². The van der Waals surface area contributed by atoms with E-state index in [-0.39, 0.29) is 35.5 Å². The number of aromatic nitrogens is 1. The molecule has 304 valence electrons. The molecule has 0 saturated carbocycles. The van der Waals surface area contributed by atoms with Crippen LogP contribution < -0.4 is 41.8 Å². The quantitative estimate of drug-likeness (QED) is 0.0740. The molecule has 8 nitrogen and oxygen atoms in total. The number of hydrogen-bond acceptors (Lipinski definition) is 6. The number of benzene rings is 4. The Morgan fingerprint density at radius 1 is 0.965 bits per heavy atom. The fraction of sp³-hybridized carbons (Fsp3) is 0.417. The Bertz CT molecular complexity index is 2050. The van der Waals surface area contributed by atoms with Crippen LogP contribution in [0.15, 0.2) is 97.2 Å². The van der Waals surface area contributed by atoms with Crippen LogP contribution in [0.4, 0.5) is 5.69 Å². The van der Waals surface area contributed by atoms with Crippen LogP contribution in [0.2, 0.25) is 0 Å². The maximum Gasteiger partial charge on any atom is 0.221 e. The maximum absolute atomic E-state index is 12.8. The average Bonchev–Trinajstić information content (AvgIpc) is 3.23. The first-order valence-electron chi connectivity index (χ1n) is 20.9. The third-order valence-corrected chi connectivity index (χ3v) is 11.1. The molecule has 2 unspecified atom stereocenters. The summed E-state index contributed by atoms with van der Waals surface area (Å²) >= 11 is 0. The van der Waals surface area contributed by atoms with Crippen molar-refractivity contribution in [1.82, 2.24) is 15.5 Å². The highest BCUT2D eigenvalue weighted by molar-refractivity contribution is 5.89. The number of anilines is 1. The molecule has 9 heteroatoms. The Labute approximate surface area is 350 Å². The van der Waals surface area contributed by atoms with Gasteiger partial charge in [0, 0.05) is 68.3 Å². The highest BCUT2D eigenvalue weighted by Crippen LogP contribution is 2.29. The van der Waals surface area contributed by atoms with Crippen molar-refractivity contribution in [3.63, 3.8) is 0 Å². The third kappa shape index (κ3) is 12.6. The molecule has 0 fully saturated rings. The van der Waals surface area contributed by atoms with Gasteiger partial charge < -0.3 is 47.3 Å². The fourth-order valence-electron chi connectivity index (χ4n) is 7.89. The zero-order valence-electron chi connectivity index (χ0n) is 34.1. The van der Waals surface area contributed by atoms with Crippen molar-refractivity contribution in [3.05, 3.63) is 114 Å². The van der Waals surface area contributed by atoms with Crippen LogP contribution in [-0.4, -0.2) is 80.5 Å². The molecule has 6 rings (SSSR count). The fourth-order valence-corrected chi connectivity index (χ4v) is 7.89. The van der Waals surface area contributed by atoms with Gasteiger partial charge >= 0.3 is 0 Å². The van der Waals surface area contributed by atoms with Crippen molar-refractivity contribution >= 4 is 45.4 Å². The number of aryl methyl sites for hydroxylation is 2. The topological polar surface area (TPSA) is 81.0 Å². The minimum Gasteiger partial charge on any atom is -1.00 e. The van der Waals surface area contributed by atoms with Gasteiger partial charge in [-0.3, -0.25) is 4.79 Å². The average molecular weight is 837 g/mol. The van der Waals surface area contributed by atoms with E-state index >= 15 is 0 Å². The van der Waals surface area contributed by atoms with E-state index < -0.39 is 6.10 Å².